The molecule has 206 valence electrons. The van der Waals surface area contributed by atoms with Gasteiger partial charge in [0.1, 0.15) is 17.6 Å². The van der Waals surface area contributed by atoms with E-state index in [0.717, 1.165) is 24.8 Å². The third-order valence-electron chi connectivity index (χ3n) is 12.3. The van der Waals surface area contributed by atoms with E-state index in [1.807, 2.05) is 19.1 Å². The smallest absolute Gasteiger partial charge is 0.330 e. The minimum Gasteiger partial charge on any atom is -0.468 e. The number of methoxy groups -OCH3 is 1. The summed E-state index contributed by atoms with van der Waals surface area (Å²) in [4.78, 5) is 26.4. The molecule has 5 rings (SSSR count). The summed E-state index contributed by atoms with van der Waals surface area (Å²) < 4.78 is 11.0. The zero-order valence-corrected chi connectivity index (χ0v) is 23.2. The zero-order chi connectivity index (χ0) is 27.2. The summed E-state index contributed by atoms with van der Waals surface area (Å²) in [6.45, 7) is 10.1. The summed E-state index contributed by atoms with van der Waals surface area (Å²) in [5, 5.41) is 35.9. The second kappa shape index (κ2) is 8.15. The second-order valence-electron chi connectivity index (χ2n) is 13.7. The number of fused-ring (bicyclic) bond motifs is 7. The van der Waals surface area contributed by atoms with Gasteiger partial charge in [0.2, 0.25) is 0 Å². The summed E-state index contributed by atoms with van der Waals surface area (Å²) >= 11 is 0. The van der Waals surface area contributed by atoms with Gasteiger partial charge in [-0.1, -0.05) is 38.5 Å². The fourth-order valence-corrected chi connectivity index (χ4v) is 10.4. The van der Waals surface area contributed by atoms with Gasteiger partial charge in [-0.25, -0.2) is 4.79 Å². The lowest BCUT2D eigenvalue weighted by Gasteiger charge is -2.74. The largest absolute Gasteiger partial charge is 0.468 e. The molecular weight excluding hydrogens is 472 g/mol. The van der Waals surface area contributed by atoms with Gasteiger partial charge in [0.05, 0.1) is 19.3 Å². The predicted octanol–water partition coefficient (Wildman–Crippen LogP) is 3.70. The van der Waals surface area contributed by atoms with E-state index in [2.05, 4.69) is 20.8 Å². The van der Waals surface area contributed by atoms with Crippen molar-refractivity contribution in [2.24, 2.45) is 38.9 Å². The van der Waals surface area contributed by atoms with Gasteiger partial charge < -0.3 is 24.8 Å². The molecule has 0 spiro atoms. The molecule has 3 fully saturated rings. The number of carbonyl (C=O) groups excluding carboxylic acids is 2. The molecule has 0 aromatic heterocycles. The van der Waals surface area contributed by atoms with E-state index < -0.39 is 56.8 Å². The molecule has 3 N–H and O–H groups in total. The van der Waals surface area contributed by atoms with Crippen molar-refractivity contribution in [3.05, 3.63) is 23.8 Å². The number of ether oxygens (including phenoxy) is 2. The van der Waals surface area contributed by atoms with Crippen LogP contribution in [0.4, 0.5) is 0 Å². The van der Waals surface area contributed by atoms with Crippen molar-refractivity contribution >= 4 is 11.9 Å². The van der Waals surface area contributed by atoms with Crippen LogP contribution in [0.5, 0.6) is 0 Å². The maximum absolute atomic E-state index is 14.1. The van der Waals surface area contributed by atoms with Gasteiger partial charge in [-0.3, -0.25) is 4.79 Å². The van der Waals surface area contributed by atoms with Crippen molar-refractivity contribution in [1.82, 2.24) is 0 Å². The SMILES string of the molecule is COC(=O)[C@@]12CC[C@@]3(C)[C@@H]4C=CC(=O)OC[C@]4([C@@H](C)O)C[C@@H](O)[C@@H]3[C@@]1(C)CC[C@@]1(C)CCC(C)=C[C@]12O. The van der Waals surface area contributed by atoms with E-state index >= 15 is 0 Å². The van der Waals surface area contributed by atoms with Gasteiger partial charge in [-0.15, -0.1) is 0 Å². The van der Waals surface area contributed by atoms with E-state index in [4.69, 9.17) is 9.47 Å². The predicted molar refractivity (Wildman–Crippen MR) is 137 cm³/mol. The Kier molecular flexibility index (Phi) is 5.93. The molecular formula is C30H44O7. The minimum absolute atomic E-state index is 0.0311. The third-order valence-corrected chi connectivity index (χ3v) is 12.3. The lowest BCUT2D eigenvalue weighted by Crippen LogP contribution is -2.78. The maximum atomic E-state index is 14.1. The molecule has 3 saturated carbocycles. The van der Waals surface area contributed by atoms with Gasteiger partial charge >= 0.3 is 11.9 Å². The van der Waals surface area contributed by atoms with Crippen LogP contribution in [0.15, 0.2) is 23.8 Å². The zero-order valence-electron chi connectivity index (χ0n) is 23.2. The van der Waals surface area contributed by atoms with E-state index in [-0.39, 0.29) is 24.9 Å². The Morgan fingerprint density at radius 2 is 1.86 bits per heavy atom. The fourth-order valence-electron chi connectivity index (χ4n) is 10.4. The molecule has 1 aliphatic heterocycles. The van der Waals surface area contributed by atoms with Crippen molar-refractivity contribution in [2.45, 2.75) is 97.4 Å². The molecule has 0 saturated heterocycles. The molecule has 0 unspecified atom stereocenters. The first-order valence-electron chi connectivity index (χ1n) is 13.9. The summed E-state index contributed by atoms with van der Waals surface area (Å²) in [5.74, 6) is -1.47. The molecule has 7 nitrogen and oxygen atoms in total. The average molecular weight is 517 g/mol. The standard InChI is InChI=1S/C30H44O7/c1-18-9-10-25(3)11-13-27(5)23-20(32)16-28(19(2)31)17-37-22(33)8-7-21(28)26(23,4)12-14-29(27,24(34)36-6)30(25,35)15-18/h7-8,15,19-21,23,31-32,35H,9-14,16-17H2,1-6H3/t19-,20-,21+,23+,25-,26+,27-,28+,29+,30+/m1/s1. The topological polar surface area (TPSA) is 113 Å². The molecule has 0 amide bonds. The van der Waals surface area contributed by atoms with Crippen molar-refractivity contribution in [2.75, 3.05) is 13.7 Å². The van der Waals surface area contributed by atoms with E-state index in [1.165, 1.54) is 13.2 Å². The number of cyclic esters (lactones) is 1. The number of aliphatic hydroxyl groups excluding tert-OH is 2. The van der Waals surface area contributed by atoms with Gasteiger partial charge in [-0.05, 0) is 81.5 Å². The number of aliphatic hydroxyl groups is 3. The fraction of sp³-hybridized carbons (Fsp3) is 0.800. The monoisotopic (exact) mass is 516 g/mol. The lowest BCUT2D eigenvalue weighted by atomic mass is 9.30. The molecule has 5 aliphatic rings. The Balaban J connectivity index is 1.74. The van der Waals surface area contributed by atoms with Gasteiger partial charge in [0.25, 0.3) is 0 Å². The highest BCUT2D eigenvalue weighted by atomic mass is 16.5. The van der Waals surface area contributed by atoms with Crippen LogP contribution >= 0.6 is 0 Å². The molecule has 0 radical (unpaired) electrons. The maximum Gasteiger partial charge on any atom is 0.330 e. The number of hydrogen-bond donors (Lipinski definition) is 3. The molecule has 37 heavy (non-hydrogen) atoms. The van der Waals surface area contributed by atoms with Crippen LogP contribution in [0.1, 0.15) is 79.6 Å². The first kappa shape index (κ1) is 26.9. The van der Waals surface area contributed by atoms with Crippen LogP contribution in [0.2, 0.25) is 0 Å². The van der Waals surface area contributed by atoms with Gasteiger partial charge in [0.15, 0.2) is 0 Å². The second-order valence-corrected chi connectivity index (χ2v) is 13.7. The van der Waals surface area contributed by atoms with Crippen molar-refractivity contribution < 1.29 is 34.4 Å². The summed E-state index contributed by atoms with van der Waals surface area (Å²) in [5.41, 5.74) is -4.25. The molecule has 4 aliphatic carbocycles. The van der Waals surface area contributed by atoms with Crippen LogP contribution < -0.4 is 0 Å². The Morgan fingerprint density at radius 1 is 1.16 bits per heavy atom. The molecule has 0 aromatic rings. The van der Waals surface area contributed by atoms with Crippen LogP contribution in [0.3, 0.4) is 0 Å². The summed E-state index contributed by atoms with van der Waals surface area (Å²) in [6.07, 6.45) is 7.81. The average Bonchev–Trinajstić information content (AvgIpc) is 3.00. The Hall–Kier alpha value is -1.70. The van der Waals surface area contributed by atoms with Crippen LogP contribution in [0, 0.1) is 38.9 Å². The number of rotatable bonds is 2. The highest BCUT2D eigenvalue weighted by Gasteiger charge is 2.80. The molecule has 1 heterocycles. The first-order chi connectivity index (χ1) is 17.2. The number of hydrogen-bond acceptors (Lipinski definition) is 7. The van der Waals surface area contributed by atoms with Crippen molar-refractivity contribution in [1.29, 1.82) is 0 Å². The van der Waals surface area contributed by atoms with E-state index in [9.17, 15) is 24.9 Å². The van der Waals surface area contributed by atoms with Crippen LogP contribution in [-0.4, -0.2) is 58.8 Å². The number of allylic oxidation sites excluding steroid dienone is 2. The third kappa shape index (κ3) is 3.05. The Morgan fingerprint density at radius 3 is 2.51 bits per heavy atom. The van der Waals surface area contributed by atoms with Crippen LogP contribution in [0.25, 0.3) is 0 Å². The Labute approximate surface area is 220 Å². The first-order valence-corrected chi connectivity index (χ1v) is 13.9. The van der Waals surface area contributed by atoms with Crippen molar-refractivity contribution in [3.8, 4) is 0 Å². The lowest BCUT2D eigenvalue weighted by molar-refractivity contribution is -0.308. The molecule has 7 heteroatoms. The van der Waals surface area contributed by atoms with E-state index in [1.54, 1.807) is 6.92 Å². The molecule has 10 atom stereocenters. The normalized spacial score (nSPS) is 51.8. The quantitative estimate of drug-likeness (QED) is 0.379. The molecule has 0 aromatic carbocycles. The molecule has 0 bridgehead atoms. The minimum atomic E-state index is -1.42. The number of esters is 2. The van der Waals surface area contributed by atoms with E-state index in [0.29, 0.717) is 19.3 Å². The Bertz CT molecular complexity index is 1060. The summed E-state index contributed by atoms with van der Waals surface area (Å²) in [7, 11) is 1.40. The number of carbonyl (C=O) groups is 2. The van der Waals surface area contributed by atoms with Crippen LogP contribution in [-0.2, 0) is 19.1 Å². The van der Waals surface area contributed by atoms with Gasteiger partial charge in [0, 0.05) is 16.9 Å². The summed E-state index contributed by atoms with van der Waals surface area (Å²) in [6, 6.07) is 0. The highest BCUT2D eigenvalue weighted by molar-refractivity contribution is 5.83. The highest BCUT2D eigenvalue weighted by Crippen LogP contribution is 2.77. The van der Waals surface area contributed by atoms with Gasteiger partial charge in [-0.2, -0.15) is 0 Å². The van der Waals surface area contributed by atoms with Crippen molar-refractivity contribution in [3.63, 3.8) is 0 Å².